The molecule has 1 aliphatic carbocycles. The van der Waals surface area contributed by atoms with Gasteiger partial charge in [0, 0.05) is 16.1 Å². The van der Waals surface area contributed by atoms with E-state index in [1.165, 1.54) is 41.7 Å². The number of benzene rings is 1. The van der Waals surface area contributed by atoms with Gasteiger partial charge in [0.05, 0.1) is 5.69 Å². The van der Waals surface area contributed by atoms with Crippen molar-refractivity contribution in [1.29, 1.82) is 0 Å². The van der Waals surface area contributed by atoms with E-state index < -0.39 is 8.32 Å². The number of hydroxylamine groups is 1. The molecular weight excluding hydrogens is 320 g/mol. The van der Waals surface area contributed by atoms with Gasteiger partial charge in [0.2, 0.25) is 8.32 Å². The van der Waals surface area contributed by atoms with Crippen molar-refractivity contribution in [2.45, 2.75) is 69.3 Å². The molecule has 2 unspecified atom stereocenters. The first-order chi connectivity index (χ1) is 10.8. The van der Waals surface area contributed by atoms with Crippen LogP contribution in [0.1, 0.15) is 36.8 Å². The van der Waals surface area contributed by atoms with Crippen molar-refractivity contribution in [1.82, 2.24) is 5.48 Å². The second-order valence-corrected chi connectivity index (χ2v) is 13.5. The quantitative estimate of drug-likeness (QED) is 0.577. The zero-order valence-corrected chi connectivity index (χ0v) is 16.7. The van der Waals surface area contributed by atoms with E-state index in [9.17, 15) is 0 Å². The fraction of sp³-hybridized carbons (Fsp3) is 0.611. The summed E-state index contributed by atoms with van der Waals surface area (Å²) in [7, 11) is -1.63. The Balaban J connectivity index is 1.99. The number of fused-ring (bicyclic) bond motifs is 2. The Hall–Kier alpha value is -0.783. The van der Waals surface area contributed by atoms with Crippen LogP contribution in [0.2, 0.25) is 19.6 Å². The second-order valence-electron chi connectivity index (χ2n) is 7.79. The predicted molar refractivity (Wildman–Crippen MR) is 102 cm³/mol. The highest BCUT2D eigenvalue weighted by Crippen LogP contribution is 2.46. The normalized spacial score (nSPS) is 24.3. The maximum absolute atomic E-state index is 6.00. The van der Waals surface area contributed by atoms with E-state index in [1.54, 1.807) is 0 Å². The summed E-state index contributed by atoms with van der Waals surface area (Å²) in [6, 6.07) is 4.49. The molecule has 0 bridgehead atoms. The molecule has 1 saturated carbocycles. The number of rotatable bonds is 2. The topological polar surface area (TPSA) is 33.6 Å². The van der Waals surface area contributed by atoms with Gasteiger partial charge in [-0.25, -0.2) is 4.99 Å². The van der Waals surface area contributed by atoms with Crippen LogP contribution < -0.4 is 5.48 Å². The van der Waals surface area contributed by atoms with Gasteiger partial charge in [0.15, 0.2) is 0 Å². The number of nitrogens with one attached hydrogen (secondary N) is 1. The summed E-state index contributed by atoms with van der Waals surface area (Å²) in [5.74, 6) is 1.53. The maximum atomic E-state index is 6.00. The molecule has 3 nitrogen and oxygen atoms in total. The zero-order valence-electron chi connectivity index (χ0n) is 14.9. The molecule has 126 valence electrons. The van der Waals surface area contributed by atoms with Crippen molar-refractivity contribution in [3.63, 3.8) is 0 Å². The molecule has 1 aromatic rings. The molecule has 0 saturated heterocycles. The van der Waals surface area contributed by atoms with Crippen LogP contribution in [0.3, 0.4) is 0 Å². The first-order valence-corrected chi connectivity index (χ1v) is 12.9. The number of hydrogen-bond acceptors (Lipinski definition) is 4. The minimum absolute atomic E-state index is 0.484. The van der Waals surface area contributed by atoms with E-state index in [1.807, 2.05) is 11.8 Å². The van der Waals surface area contributed by atoms with Crippen LogP contribution >= 0.6 is 11.8 Å². The number of thioether (sulfide) groups is 1. The standard InChI is InChI=1S/C18H28N2OSSi/c1-12-10-13(2)17-15(11-12)19-18(20-21-23(3,4)5)14-8-6-7-9-16(14)22-17/h10-11,14,16H,6-9H2,1-5H3,(H,19,20). The number of hydrogen-bond donors (Lipinski definition) is 1. The Labute approximate surface area is 145 Å². The fourth-order valence-electron chi connectivity index (χ4n) is 3.39. The number of nitrogens with zero attached hydrogens (tertiary/aromatic N) is 1. The fourth-order valence-corrected chi connectivity index (χ4v) is 5.28. The molecule has 0 radical (unpaired) electrons. The van der Waals surface area contributed by atoms with Gasteiger partial charge in [-0.15, -0.1) is 11.8 Å². The lowest BCUT2D eigenvalue weighted by Gasteiger charge is -2.31. The van der Waals surface area contributed by atoms with Crippen molar-refractivity contribution in [3.8, 4) is 0 Å². The largest absolute Gasteiger partial charge is 0.322 e. The molecule has 1 fully saturated rings. The Bertz CT molecular complexity index is 624. The molecule has 0 amide bonds. The van der Waals surface area contributed by atoms with Gasteiger partial charge < -0.3 is 4.53 Å². The Morgan fingerprint density at radius 2 is 1.91 bits per heavy atom. The summed E-state index contributed by atoms with van der Waals surface area (Å²) in [5.41, 5.74) is 7.02. The molecule has 1 aliphatic heterocycles. The lowest BCUT2D eigenvalue weighted by atomic mass is 9.88. The molecule has 1 N–H and O–H groups in total. The van der Waals surface area contributed by atoms with Crippen LogP contribution in [0.4, 0.5) is 5.69 Å². The third-order valence-corrected chi connectivity index (χ3v) is 6.77. The van der Waals surface area contributed by atoms with Gasteiger partial charge in [-0.05, 0) is 63.5 Å². The molecule has 1 heterocycles. The van der Waals surface area contributed by atoms with Crippen LogP contribution in [0, 0.1) is 19.8 Å². The van der Waals surface area contributed by atoms with Crippen LogP contribution in [0.5, 0.6) is 0 Å². The molecule has 0 spiro atoms. The van der Waals surface area contributed by atoms with Crippen molar-refractivity contribution >= 4 is 31.6 Å². The Morgan fingerprint density at radius 1 is 1.17 bits per heavy atom. The summed E-state index contributed by atoms with van der Waals surface area (Å²) in [4.78, 5) is 6.39. The van der Waals surface area contributed by atoms with E-state index in [-0.39, 0.29) is 0 Å². The molecule has 3 rings (SSSR count). The molecule has 2 aliphatic rings. The van der Waals surface area contributed by atoms with Crippen LogP contribution in [0.15, 0.2) is 22.0 Å². The number of amidine groups is 1. The SMILES string of the molecule is Cc1cc(C)c2c(c1)N=C(NO[Si](C)(C)C)C1CCCCC1S2. The van der Waals surface area contributed by atoms with Gasteiger partial charge >= 0.3 is 0 Å². The van der Waals surface area contributed by atoms with Crippen LogP contribution in [-0.2, 0) is 4.53 Å². The lowest BCUT2D eigenvalue weighted by molar-refractivity contribution is 0.242. The molecule has 0 aromatic heterocycles. The summed E-state index contributed by atoms with van der Waals surface area (Å²) in [6.45, 7) is 11.0. The van der Waals surface area contributed by atoms with E-state index in [0.29, 0.717) is 11.2 Å². The van der Waals surface area contributed by atoms with E-state index in [4.69, 9.17) is 9.52 Å². The number of aliphatic imine (C=N–C) groups is 1. The van der Waals surface area contributed by atoms with Crippen molar-refractivity contribution in [2.24, 2.45) is 10.9 Å². The van der Waals surface area contributed by atoms with E-state index in [0.717, 1.165) is 11.5 Å². The molecule has 5 heteroatoms. The third kappa shape index (κ3) is 4.01. The lowest BCUT2D eigenvalue weighted by Crippen LogP contribution is -2.43. The van der Waals surface area contributed by atoms with Gasteiger partial charge in [-0.3, -0.25) is 5.48 Å². The minimum Gasteiger partial charge on any atom is -0.322 e. The van der Waals surface area contributed by atoms with Crippen LogP contribution in [0.25, 0.3) is 0 Å². The van der Waals surface area contributed by atoms with E-state index >= 15 is 0 Å². The molecule has 2 atom stereocenters. The zero-order chi connectivity index (χ0) is 16.6. The van der Waals surface area contributed by atoms with Crippen LogP contribution in [-0.4, -0.2) is 19.4 Å². The van der Waals surface area contributed by atoms with Crippen molar-refractivity contribution in [3.05, 3.63) is 23.3 Å². The minimum atomic E-state index is -1.63. The monoisotopic (exact) mass is 348 g/mol. The summed E-state index contributed by atoms with van der Waals surface area (Å²) in [5, 5.41) is 0.614. The summed E-state index contributed by atoms with van der Waals surface area (Å²) < 4.78 is 6.00. The average Bonchev–Trinajstić information content (AvgIpc) is 2.61. The van der Waals surface area contributed by atoms with Gasteiger partial charge in [-0.2, -0.15) is 0 Å². The highest BCUT2D eigenvalue weighted by atomic mass is 32.2. The van der Waals surface area contributed by atoms with Gasteiger partial charge in [-0.1, -0.05) is 18.9 Å². The molecule has 23 heavy (non-hydrogen) atoms. The average molecular weight is 349 g/mol. The van der Waals surface area contributed by atoms with Gasteiger partial charge in [0.1, 0.15) is 5.84 Å². The predicted octanol–water partition coefficient (Wildman–Crippen LogP) is 5.35. The van der Waals surface area contributed by atoms with Crippen molar-refractivity contribution in [2.75, 3.05) is 0 Å². The smallest absolute Gasteiger partial charge is 0.220 e. The first-order valence-electron chi connectivity index (χ1n) is 8.64. The summed E-state index contributed by atoms with van der Waals surface area (Å²) in [6.07, 6.45) is 5.11. The number of aryl methyl sites for hydroxylation is 2. The second kappa shape index (κ2) is 6.61. The highest BCUT2D eigenvalue weighted by Gasteiger charge is 2.34. The Morgan fingerprint density at radius 3 is 2.65 bits per heavy atom. The van der Waals surface area contributed by atoms with Crippen molar-refractivity contribution < 1.29 is 4.53 Å². The van der Waals surface area contributed by atoms with Gasteiger partial charge in [0.25, 0.3) is 0 Å². The molecule has 1 aromatic carbocycles. The Kier molecular flexibility index (Phi) is 4.90. The highest BCUT2D eigenvalue weighted by molar-refractivity contribution is 8.00. The first kappa shape index (κ1) is 17.1. The summed E-state index contributed by atoms with van der Waals surface area (Å²) >= 11 is 2.04. The maximum Gasteiger partial charge on any atom is 0.220 e. The third-order valence-electron chi connectivity index (χ3n) is 4.43. The molecular formula is C18H28N2OSSi. The van der Waals surface area contributed by atoms with E-state index in [2.05, 4.69) is 51.1 Å².